The fourth-order valence-corrected chi connectivity index (χ4v) is 1.49. The quantitative estimate of drug-likeness (QED) is 0.783. The van der Waals surface area contributed by atoms with Gasteiger partial charge in [-0.2, -0.15) is 0 Å². The van der Waals surface area contributed by atoms with Crippen molar-refractivity contribution in [3.05, 3.63) is 28.5 Å². The van der Waals surface area contributed by atoms with Gasteiger partial charge in [0.25, 0.3) is 0 Å². The van der Waals surface area contributed by atoms with Crippen LogP contribution in [-0.2, 0) is 6.42 Å². The van der Waals surface area contributed by atoms with Crippen LogP contribution in [0.15, 0.2) is 12.1 Å². The molecule has 0 saturated carbocycles. The number of hydrogen-bond donors (Lipinski definition) is 1. The normalized spacial score (nSPS) is 11.8. The summed E-state index contributed by atoms with van der Waals surface area (Å²) in [6.07, 6.45) is 1.80. The molecule has 0 atom stereocenters. The highest BCUT2D eigenvalue weighted by atomic mass is 35.5. The van der Waals surface area contributed by atoms with E-state index >= 15 is 0 Å². The van der Waals surface area contributed by atoms with Crippen LogP contribution in [0, 0.1) is 6.92 Å². The van der Waals surface area contributed by atoms with Crippen molar-refractivity contribution < 1.29 is 0 Å². The molecule has 0 saturated heterocycles. The minimum Gasteiger partial charge on any atom is -0.326 e. The van der Waals surface area contributed by atoms with E-state index in [4.69, 9.17) is 17.3 Å². The fraction of sp³-hybridized carbons (Fsp3) is 0.545. The van der Waals surface area contributed by atoms with Crippen molar-refractivity contribution in [2.75, 3.05) is 0 Å². The van der Waals surface area contributed by atoms with Crippen molar-refractivity contribution in [2.45, 2.75) is 39.2 Å². The molecule has 0 fully saturated rings. The number of halogens is 1. The maximum absolute atomic E-state index is 6.01. The van der Waals surface area contributed by atoms with Gasteiger partial charge in [-0.05, 0) is 45.2 Å². The summed E-state index contributed by atoms with van der Waals surface area (Å²) in [5.74, 6) is 0. The smallest absolute Gasteiger partial charge is 0.132 e. The molecule has 2 N–H and O–H groups in total. The molecule has 0 amide bonds. The molecule has 14 heavy (non-hydrogen) atoms. The molecule has 0 aliphatic carbocycles. The molecule has 0 spiro atoms. The van der Waals surface area contributed by atoms with Gasteiger partial charge in [0.05, 0.1) is 0 Å². The number of aryl methyl sites for hydroxylation is 2. The Bertz CT molecular complexity index is 316. The number of pyridine rings is 1. The molecule has 2 nitrogen and oxygen atoms in total. The highest BCUT2D eigenvalue weighted by Crippen LogP contribution is 2.18. The molecule has 78 valence electrons. The van der Waals surface area contributed by atoms with E-state index in [1.165, 1.54) is 0 Å². The van der Waals surface area contributed by atoms with Gasteiger partial charge < -0.3 is 5.73 Å². The number of nitrogens with two attached hydrogens (primary N) is 1. The fourth-order valence-electron chi connectivity index (χ4n) is 1.20. The molecule has 0 aliphatic rings. The van der Waals surface area contributed by atoms with Gasteiger partial charge in [-0.3, -0.25) is 0 Å². The summed E-state index contributed by atoms with van der Waals surface area (Å²) in [5.41, 5.74) is 7.78. The molecule has 0 aromatic carbocycles. The summed E-state index contributed by atoms with van der Waals surface area (Å²) in [6.45, 7) is 5.97. The Kier molecular flexibility index (Phi) is 3.51. The van der Waals surface area contributed by atoms with Gasteiger partial charge in [0, 0.05) is 11.2 Å². The van der Waals surface area contributed by atoms with Crippen molar-refractivity contribution >= 4 is 11.6 Å². The highest BCUT2D eigenvalue weighted by Gasteiger charge is 2.11. The van der Waals surface area contributed by atoms with Crippen molar-refractivity contribution in [2.24, 2.45) is 5.73 Å². The van der Waals surface area contributed by atoms with Gasteiger partial charge in [-0.15, -0.1) is 0 Å². The maximum atomic E-state index is 6.01. The zero-order chi connectivity index (χ0) is 10.8. The Labute approximate surface area is 90.5 Å². The van der Waals surface area contributed by atoms with E-state index in [-0.39, 0.29) is 5.54 Å². The molecular weight excluding hydrogens is 196 g/mol. The van der Waals surface area contributed by atoms with Gasteiger partial charge in [-0.25, -0.2) is 4.98 Å². The lowest BCUT2D eigenvalue weighted by Gasteiger charge is -2.18. The SMILES string of the molecule is Cc1ccc(CCC(C)(C)N)c(Cl)n1. The third kappa shape index (κ3) is 3.64. The van der Waals surface area contributed by atoms with E-state index in [1.807, 2.05) is 32.9 Å². The highest BCUT2D eigenvalue weighted by molar-refractivity contribution is 6.30. The standard InChI is InChI=1S/C11H17ClN2/c1-8-4-5-9(10(12)14-8)6-7-11(2,3)13/h4-5H,6-7,13H2,1-3H3. The summed E-state index contributed by atoms with van der Waals surface area (Å²) >= 11 is 6.01. The Morgan fingerprint density at radius 2 is 2.07 bits per heavy atom. The van der Waals surface area contributed by atoms with Crippen molar-refractivity contribution in [1.82, 2.24) is 4.98 Å². The third-order valence-corrected chi connectivity index (χ3v) is 2.43. The summed E-state index contributed by atoms with van der Waals surface area (Å²) in [6, 6.07) is 4.00. The van der Waals surface area contributed by atoms with Crippen LogP contribution in [-0.4, -0.2) is 10.5 Å². The lowest BCUT2D eigenvalue weighted by molar-refractivity contribution is 0.476. The van der Waals surface area contributed by atoms with Gasteiger partial charge >= 0.3 is 0 Å². The molecule has 3 heteroatoms. The second-order valence-corrected chi connectivity index (χ2v) is 4.75. The lowest BCUT2D eigenvalue weighted by Crippen LogP contribution is -2.32. The minimum atomic E-state index is -0.145. The van der Waals surface area contributed by atoms with E-state index in [0.29, 0.717) is 5.15 Å². The topological polar surface area (TPSA) is 38.9 Å². The van der Waals surface area contributed by atoms with Crippen LogP contribution < -0.4 is 5.73 Å². The predicted octanol–water partition coefficient (Wildman–Crippen LogP) is 2.71. The molecule has 1 aromatic heterocycles. The van der Waals surface area contributed by atoms with E-state index in [1.54, 1.807) is 0 Å². The van der Waals surface area contributed by atoms with Crippen LogP contribution in [0.25, 0.3) is 0 Å². The van der Waals surface area contributed by atoms with Gasteiger partial charge in [0.15, 0.2) is 0 Å². The molecule has 1 aromatic rings. The zero-order valence-corrected chi connectivity index (χ0v) is 9.73. The van der Waals surface area contributed by atoms with Gasteiger partial charge in [0.2, 0.25) is 0 Å². The number of hydrogen-bond acceptors (Lipinski definition) is 2. The van der Waals surface area contributed by atoms with Crippen molar-refractivity contribution in [3.8, 4) is 0 Å². The van der Waals surface area contributed by atoms with Crippen LogP contribution in [0.1, 0.15) is 31.5 Å². The van der Waals surface area contributed by atoms with E-state index in [0.717, 1.165) is 24.1 Å². The summed E-state index contributed by atoms with van der Waals surface area (Å²) in [4.78, 5) is 4.20. The largest absolute Gasteiger partial charge is 0.326 e. The predicted molar refractivity (Wildman–Crippen MR) is 60.6 cm³/mol. The first-order valence-corrected chi connectivity index (χ1v) is 5.17. The second kappa shape index (κ2) is 4.28. The molecule has 0 radical (unpaired) electrons. The molecule has 1 heterocycles. The average Bonchev–Trinajstić information content (AvgIpc) is 2.00. The molecule has 0 aliphatic heterocycles. The molecule has 1 rings (SSSR count). The first-order chi connectivity index (χ1) is 6.38. The summed E-state index contributed by atoms with van der Waals surface area (Å²) in [5, 5.41) is 0.606. The molecule has 0 bridgehead atoms. The van der Waals surface area contributed by atoms with E-state index in [9.17, 15) is 0 Å². The van der Waals surface area contributed by atoms with E-state index in [2.05, 4.69) is 4.98 Å². The zero-order valence-electron chi connectivity index (χ0n) is 8.97. The number of rotatable bonds is 3. The van der Waals surface area contributed by atoms with Crippen LogP contribution in [0.4, 0.5) is 0 Å². The first-order valence-electron chi connectivity index (χ1n) is 4.79. The molecular formula is C11H17ClN2. The maximum Gasteiger partial charge on any atom is 0.132 e. The third-order valence-electron chi connectivity index (χ3n) is 2.10. The van der Waals surface area contributed by atoms with Crippen LogP contribution >= 0.6 is 11.6 Å². The van der Waals surface area contributed by atoms with Crippen molar-refractivity contribution in [3.63, 3.8) is 0 Å². The molecule has 0 unspecified atom stereocenters. The van der Waals surface area contributed by atoms with E-state index < -0.39 is 0 Å². The Morgan fingerprint density at radius 1 is 1.43 bits per heavy atom. The van der Waals surface area contributed by atoms with Crippen LogP contribution in [0.3, 0.4) is 0 Å². The van der Waals surface area contributed by atoms with Crippen molar-refractivity contribution in [1.29, 1.82) is 0 Å². The Hall–Kier alpha value is -0.600. The minimum absolute atomic E-state index is 0.145. The Morgan fingerprint density at radius 3 is 2.57 bits per heavy atom. The first kappa shape index (κ1) is 11.5. The van der Waals surface area contributed by atoms with Gasteiger partial charge in [-0.1, -0.05) is 17.7 Å². The average molecular weight is 213 g/mol. The second-order valence-electron chi connectivity index (χ2n) is 4.39. The lowest BCUT2D eigenvalue weighted by atomic mass is 9.97. The van der Waals surface area contributed by atoms with Crippen LogP contribution in [0.5, 0.6) is 0 Å². The van der Waals surface area contributed by atoms with Crippen LogP contribution in [0.2, 0.25) is 5.15 Å². The summed E-state index contributed by atoms with van der Waals surface area (Å²) < 4.78 is 0. The number of aromatic nitrogens is 1. The Balaban J connectivity index is 2.68. The summed E-state index contributed by atoms with van der Waals surface area (Å²) in [7, 11) is 0. The monoisotopic (exact) mass is 212 g/mol. The number of nitrogens with zero attached hydrogens (tertiary/aromatic N) is 1. The van der Waals surface area contributed by atoms with Gasteiger partial charge in [0.1, 0.15) is 5.15 Å².